The lowest BCUT2D eigenvalue weighted by atomic mass is 10.1. The zero-order valence-corrected chi connectivity index (χ0v) is 11.7. The van der Waals surface area contributed by atoms with E-state index in [4.69, 9.17) is 0 Å². The van der Waals surface area contributed by atoms with Crippen LogP contribution in [-0.2, 0) is 0 Å². The van der Waals surface area contributed by atoms with Gasteiger partial charge in [-0.3, -0.25) is 0 Å². The van der Waals surface area contributed by atoms with E-state index < -0.39 is 0 Å². The van der Waals surface area contributed by atoms with E-state index in [9.17, 15) is 0 Å². The molecule has 1 atom stereocenters. The molecule has 5 heteroatoms. The lowest BCUT2D eigenvalue weighted by Gasteiger charge is -2.16. The van der Waals surface area contributed by atoms with Crippen LogP contribution in [-0.4, -0.2) is 16.2 Å². The minimum Gasteiger partial charge on any atom is -0.357 e. The van der Waals surface area contributed by atoms with E-state index in [-0.39, 0.29) is 0 Å². The summed E-state index contributed by atoms with van der Waals surface area (Å²) in [6, 6.07) is 0.551. The fourth-order valence-electron chi connectivity index (χ4n) is 1.53. The molecule has 0 radical (unpaired) electrons. The molecule has 0 aromatic carbocycles. The van der Waals surface area contributed by atoms with Crippen molar-refractivity contribution in [3.8, 4) is 0 Å². The van der Waals surface area contributed by atoms with Crippen LogP contribution >= 0.6 is 27.3 Å². The van der Waals surface area contributed by atoms with Gasteiger partial charge in [0, 0.05) is 6.04 Å². The van der Waals surface area contributed by atoms with Gasteiger partial charge in [-0.2, -0.15) is 0 Å². The molecule has 1 rings (SSSR count). The Labute approximate surface area is 104 Å². The molecule has 0 aliphatic heterocycles. The van der Waals surface area contributed by atoms with Gasteiger partial charge in [-0.15, -0.1) is 10.2 Å². The van der Waals surface area contributed by atoms with Gasteiger partial charge in [-0.1, -0.05) is 44.4 Å². The van der Waals surface area contributed by atoms with Gasteiger partial charge in [0.15, 0.2) is 3.92 Å². The number of unbranched alkanes of at least 4 members (excludes halogenated alkanes) is 1. The third-order valence-corrected chi connectivity index (χ3v) is 3.56. The first-order chi connectivity index (χ1) is 7.26. The minimum atomic E-state index is 0.551. The molecule has 0 fully saturated rings. The largest absolute Gasteiger partial charge is 0.357 e. The number of rotatable bonds is 7. The molecule has 15 heavy (non-hydrogen) atoms. The Bertz CT molecular complexity index is 277. The van der Waals surface area contributed by atoms with Crippen molar-refractivity contribution in [3.63, 3.8) is 0 Å². The fraction of sp³-hybridized carbons (Fsp3) is 0.800. The van der Waals surface area contributed by atoms with E-state index in [1.54, 1.807) is 11.3 Å². The average Bonchev–Trinajstić information content (AvgIpc) is 2.61. The molecule has 3 nitrogen and oxygen atoms in total. The van der Waals surface area contributed by atoms with Crippen molar-refractivity contribution in [2.75, 3.05) is 5.32 Å². The Hall–Kier alpha value is -0.160. The van der Waals surface area contributed by atoms with Crippen LogP contribution in [0.3, 0.4) is 0 Å². The monoisotopic (exact) mass is 291 g/mol. The van der Waals surface area contributed by atoms with Crippen LogP contribution in [0.15, 0.2) is 3.92 Å². The highest BCUT2D eigenvalue weighted by Crippen LogP contribution is 2.22. The molecular formula is C10H18BrN3S. The van der Waals surface area contributed by atoms with Crippen LogP contribution in [0.2, 0.25) is 0 Å². The second kappa shape index (κ2) is 7.17. The zero-order chi connectivity index (χ0) is 11.1. The molecule has 0 amide bonds. The second-order valence-corrected chi connectivity index (χ2v) is 5.89. The summed E-state index contributed by atoms with van der Waals surface area (Å²) in [7, 11) is 0. The number of halogens is 1. The fourth-order valence-corrected chi connectivity index (χ4v) is 2.61. The highest BCUT2D eigenvalue weighted by molar-refractivity contribution is 9.11. The number of anilines is 1. The predicted octanol–water partition coefficient (Wildman–Crippen LogP) is 4.07. The van der Waals surface area contributed by atoms with Crippen LogP contribution in [0, 0.1) is 0 Å². The molecule has 1 aromatic rings. The maximum Gasteiger partial charge on any atom is 0.206 e. The Morgan fingerprint density at radius 3 is 2.60 bits per heavy atom. The molecule has 1 unspecified atom stereocenters. The van der Waals surface area contributed by atoms with Crippen molar-refractivity contribution < 1.29 is 0 Å². The van der Waals surface area contributed by atoms with Crippen LogP contribution in [0.5, 0.6) is 0 Å². The van der Waals surface area contributed by atoms with Crippen molar-refractivity contribution in [1.82, 2.24) is 10.2 Å². The molecule has 1 aromatic heterocycles. The number of hydrogen-bond acceptors (Lipinski definition) is 4. The molecular weight excluding hydrogens is 274 g/mol. The van der Waals surface area contributed by atoms with Gasteiger partial charge < -0.3 is 5.32 Å². The smallest absolute Gasteiger partial charge is 0.206 e. The molecule has 0 saturated heterocycles. The zero-order valence-electron chi connectivity index (χ0n) is 9.29. The highest BCUT2D eigenvalue weighted by atomic mass is 79.9. The molecule has 1 heterocycles. The summed E-state index contributed by atoms with van der Waals surface area (Å²) in [5.41, 5.74) is 0. The molecule has 0 bridgehead atoms. The summed E-state index contributed by atoms with van der Waals surface area (Å²) >= 11 is 4.88. The van der Waals surface area contributed by atoms with Gasteiger partial charge >= 0.3 is 0 Å². The summed E-state index contributed by atoms with van der Waals surface area (Å²) in [5.74, 6) is 0. The molecule has 0 aliphatic rings. The van der Waals surface area contributed by atoms with Gasteiger partial charge in [0.05, 0.1) is 0 Å². The first kappa shape index (κ1) is 12.9. The van der Waals surface area contributed by atoms with Crippen LogP contribution in [0.25, 0.3) is 0 Å². The standard InChI is InChI=1S/C10H18BrN3S/c1-3-5-7-8(6-4-2)12-10-14-13-9(11)15-10/h8H,3-7H2,1-2H3,(H,12,14). The first-order valence-electron chi connectivity index (χ1n) is 5.51. The number of nitrogens with one attached hydrogen (secondary N) is 1. The summed E-state index contributed by atoms with van der Waals surface area (Å²) < 4.78 is 0.843. The molecule has 0 spiro atoms. The summed E-state index contributed by atoms with van der Waals surface area (Å²) in [6.07, 6.45) is 6.17. The van der Waals surface area contributed by atoms with Crippen molar-refractivity contribution in [2.24, 2.45) is 0 Å². The third kappa shape index (κ3) is 4.93. The van der Waals surface area contributed by atoms with Crippen LogP contribution in [0.4, 0.5) is 5.13 Å². The SMILES string of the molecule is CCCCC(CCC)Nc1nnc(Br)s1. The lowest BCUT2D eigenvalue weighted by Crippen LogP contribution is -2.18. The van der Waals surface area contributed by atoms with E-state index in [2.05, 4.69) is 45.3 Å². The third-order valence-electron chi connectivity index (χ3n) is 2.27. The van der Waals surface area contributed by atoms with Crippen molar-refractivity contribution in [1.29, 1.82) is 0 Å². The Morgan fingerprint density at radius 2 is 2.07 bits per heavy atom. The van der Waals surface area contributed by atoms with Gasteiger partial charge in [-0.05, 0) is 28.8 Å². The van der Waals surface area contributed by atoms with Crippen molar-refractivity contribution in [2.45, 2.75) is 52.0 Å². The Kier molecular flexibility index (Phi) is 6.17. The quantitative estimate of drug-likeness (QED) is 0.823. The summed E-state index contributed by atoms with van der Waals surface area (Å²) in [4.78, 5) is 0. The number of aromatic nitrogens is 2. The first-order valence-corrected chi connectivity index (χ1v) is 7.12. The second-order valence-electron chi connectivity index (χ2n) is 3.63. The Balaban J connectivity index is 2.42. The maximum absolute atomic E-state index is 4.06. The summed E-state index contributed by atoms with van der Waals surface area (Å²) in [5, 5.41) is 12.4. The van der Waals surface area contributed by atoms with Crippen molar-refractivity contribution in [3.05, 3.63) is 3.92 Å². The van der Waals surface area contributed by atoms with Gasteiger partial charge in [0.1, 0.15) is 0 Å². The molecule has 0 aliphatic carbocycles. The average molecular weight is 292 g/mol. The normalized spacial score (nSPS) is 12.7. The number of nitrogens with zero attached hydrogens (tertiary/aromatic N) is 2. The van der Waals surface area contributed by atoms with Crippen molar-refractivity contribution >= 4 is 32.4 Å². The van der Waals surface area contributed by atoms with Crippen LogP contribution in [0.1, 0.15) is 46.0 Å². The maximum atomic E-state index is 4.06. The Morgan fingerprint density at radius 1 is 1.27 bits per heavy atom. The van der Waals surface area contributed by atoms with Gasteiger partial charge in [-0.25, -0.2) is 0 Å². The predicted molar refractivity (Wildman–Crippen MR) is 69.5 cm³/mol. The lowest BCUT2D eigenvalue weighted by molar-refractivity contribution is 0.563. The van der Waals surface area contributed by atoms with E-state index in [1.807, 2.05) is 0 Å². The van der Waals surface area contributed by atoms with Gasteiger partial charge in [0.2, 0.25) is 5.13 Å². The minimum absolute atomic E-state index is 0.551. The highest BCUT2D eigenvalue weighted by Gasteiger charge is 2.09. The molecule has 1 N–H and O–H groups in total. The van der Waals surface area contributed by atoms with Gasteiger partial charge in [0.25, 0.3) is 0 Å². The van der Waals surface area contributed by atoms with E-state index >= 15 is 0 Å². The molecule has 0 saturated carbocycles. The topological polar surface area (TPSA) is 37.8 Å². The molecule has 86 valence electrons. The van der Waals surface area contributed by atoms with E-state index in [0.717, 1.165) is 9.05 Å². The van der Waals surface area contributed by atoms with E-state index in [1.165, 1.54) is 32.1 Å². The van der Waals surface area contributed by atoms with E-state index in [0.29, 0.717) is 6.04 Å². The van der Waals surface area contributed by atoms with Crippen LogP contribution < -0.4 is 5.32 Å². The summed E-state index contributed by atoms with van der Waals surface area (Å²) in [6.45, 7) is 4.45. The number of hydrogen-bond donors (Lipinski definition) is 1.